The van der Waals surface area contributed by atoms with E-state index >= 15 is 0 Å². The van der Waals surface area contributed by atoms with Crippen LogP contribution >= 0.6 is 0 Å². The average Bonchev–Trinajstić information content (AvgIpc) is 2.68. The second-order valence-corrected chi connectivity index (χ2v) is 9.29. The molecule has 0 aromatic heterocycles. The Balaban J connectivity index is 1.14. The predicted molar refractivity (Wildman–Crippen MR) is 114 cm³/mol. The number of benzene rings is 2. The minimum atomic E-state index is -0.0838. The summed E-state index contributed by atoms with van der Waals surface area (Å²) in [7, 11) is 0. The number of hydrogen-bond acceptors (Lipinski definition) is 2. The lowest BCUT2D eigenvalue weighted by atomic mass is 9.49. The van der Waals surface area contributed by atoms with Crippen LogP contribution < -0.4 is 16.0 Å². The Kier molecular flexibility index (Phi) is 4.50. The van der Waals surface area contributed by atoms with E-state index in [2.05, 4.69) is 16.0 Å². The summed E-state index contributed by atoms with van der Waals surface area (Å²) in [6.45, 7) is 0.829. The lowest BCUT2D eigenvalue weighted by Crippen LogP contribution is -2.51. The first-order valence-electron chi connectivity index (χ1n) is 10.6. The van der Waals surface area contributed by atoms with Gasteiger partial charge in [-0.1, -0.05) is 18.2 Å². The minimum Gasteiger partial charge on any atom is -0.356 e. The second-order valence-electron chi connectivity index (χ2n) is 9.29. The number of carbonyl (C=O) groups is 1. The number of para-hydroxylation sites is 1. The van der Waals surface area contributed by atoms with Crippen molar-refractivity contribution in [2.45, 2.75) is 38.5 Å². The summed E-state index contributed by atoms with van der Waals surface area (Å²) in [6, 6.07) is 17.8. The molecule has 0 spiro atoms. The van der Waals surface area contributed by atoms with E-state index in [4.69, 9.17) is 0 Å². The van der Waals surface area contributed by atoms with E-state index in [-0.39, 0.29) is 6.03 Å². The molecule has 0 atom stereocenters. The maximum Gasteiger partial charge on any atom is 0.319 e. The van der Waals surface area contributed by atoms with Crippen LogP contribution in [0.25, 0.3) is 0 Å². The Morgan fingerprint density at radius 2 is 1.32 bits per heavy atom. The topological polar surface area (TPSA) is 53.2 Å². The Hall–Kier alpha value is -2.49. The fraction of sp³-hybridized carbons (Fsp3) is 0.458. The maximum absolute atomic E-state index is 12.4. The van der Waals surface area contributed by atoms with Gasteiger partial charge >= 0.3 is 6.03 Å². The zero-order chi connectivity index (χ0) is 19.0. The quantitative estimate of drug-likeness (QED) is 0.621. The summed E-state index contributed by atoms with van der Waals surface area (Å²) in [4.78, 5) is 12.4. The molecule has 4 aliphatic rings. The number of rotatable bonds is 5. The van der Waals surface area contributed by atoms with Gasteiger partial charge in [0, 0.05) is 23.6 Å². The number of carbonyl (C=O) groups excluding carboxylic acids is 1. The lowest BCUT2D eigenvalue weighted by Gasteiger charge is -2.56. The van der Waals surface area contributed by atoms with Crippen LogP contribution in [0.1, 0.15) is 38.5 Å². The van der Waals surface area contributed by atoms with Crippen molar-refractivity contribution in [2.24, 2.45) is 23.2 Å². The monoisotopic (exact) mass is 375 g/mol. The number of amides is 2. The number of urea groups is 1. The molecule has 3 N–H and O–H groups in total. The predicted octanol–water partition coefficient (Wildman–Crippen LogP) is 5.77. The highest BCUT2D eigenvalue weighted by molar-refractivity contribution is 5.89. The standard InChI is InChI=1S/C24H29N3O/c28-23(25-16-24-13-17-10-18(14-24)12-19(11-17)15-24)27-22-8-6-21(7-9-22)26-20-4-2-1-3-5-20/h1-9,17-19,26H,10-16H2,(H2,25,27,28). The van der Waals surface area contributed by atoms with Crippen molar-refractivity contribution in [1.29, 1.82) is 0 Å². The molecule has 0 unspecified atom stereocenters. The van der Waals surface area contributed by atoms with Gasteiger partial charge in [-0.3, -0.25) is 0 Å². The van der Waals surface area contributed by atoms with E-state index in [9.17, 15) is 4.79 Å². The van der Waals surface area contributed by atoms with Crippen LogP contribution in [0, 0.1) is 23.2 Å². The first kappa shape index (κ1) is 17.6. The average molecular weight is 376 g/mol. The van der Waals surface area contributed by atoms with Gasteiger partial charge in [-0.15, -0.1) is 0 Å². The summed E-state index contributed by atoms with van der Waals surface area (Å²) in [5.74, 6) is 2.75. The second kappa shape index (κ2) is 7.16. The molecule has 2 amide bonds. The van der Waals surface area contributed by atoms with Crippen molar-refractivity contribution in [1.82, 2.24) is 5.32 Å². The molecule has 28 heavy (non-hydrogen) atoms. The largest absolute Gasteiger partial charge is 0.356 e. The summed E-state index contributed by atoms with van der Waals surface area (Å²) >= 11 is 0. The van der Waals surface area contributed by atoms with Gasteiger partial charge in [0.25, 0.3) is 0 Å². The molecule has 4 saturated carbocycles. The van der Waals surface area contributed by atoms with Crippen molar-refractivity contribution >= 4 is 23.1 Å². The van der Waals surface area contributed by atoms with E-state index in [1.165, 1.54) is 38.5 Å². The fourth-order valence-corrected chi connectivity index (χ4v) is 6.27. The van der Waals surface area contributed by atoms with E-state index in [0.717, 1.165) is 41.4 Å². The van der Waals surface area contributed by atoms with Gasteiger partial charge in [-0.25, -0.2) is 4.79 Å². The normalized spacial score (nSPS) is 30.1. The smallest absolute Gasteiger partial charge is 0.319 e. The van der Waals surface area contributed by atoms with Crippen LogP contribution in [0.5, 0.6) is 0 Å². The Labute approximate surface area is 167 Å². The van der Waals surface area contributed by atoms with Gasteiger partial charge in [0.05, 0.1) is 0 Å². The Morgan fingerprint density at radius 1 is 0.786 bits per heavy atom. The molecule has 2 aromatic carbocycles. The summed E-state index contributed by atoms with van der Waals surface area (Å²) in [5, 5.41) is 9.52. The minimum absolute atomic E-state index is 0.0838. The fourth-order valence-electron chi connectivity index (χ4n) is 6.27. The van der Waals surface area contributed by atoms with Crippen LogP contribution in [0.15, 0.2) is 54.6 Å². The maximum atomic E-state index is 12.4. The highest BCUT2D eigenvalue weighted by atomic mass is 16.2. The molecule has 0 saturated heterocycles. The van der Waals surface area contributed by atoms with Crippen LogP contribution in [-0.4, -0.2) is 12.6 Å². The van der Waals surface area contributed by atoms with Gasteiger partial charge in [0.15, 0.2) is 0 Å². The molecule has 4 fully saturated rings. The number of nitrogens with one attached hydrogen (secondary N) is 3. The summed E-state index contributed by atoms with van der Waals surface area (Å²) < 4.78 is 0. The van der Waals surface area contributed by atoms with Crippen molar-refractivity contribution in [3.63, 3.8) is 0 Å². The van der Waals surface area contributed by atoms with Crippen molar-refractivity contribution in [3.8, 4) is 0 Å². The van der Waals surface area contributed by atoms with Crippen LogP contribution in [0.4, 0.5) is 21.9 Å². The third-order valence-corrected chi connectivity index (χ3v) is 6.99. The number of anilines is 3. The molecule has 0 aliphatic heterocycles. The first-order chi connectivity index (χ1) is 13.7. The van der Waals surface area contributed by atoms with Crippen molar-refractivity contribution in [2.75, 3.05) is 17.2 Å². The number of hydrogen-bond donors (Lipinski definition) is 3. The lowest BCUT2D eigenvalue weighted by molar-refractivity contribution is -0.0496. The van der Waals surface area contributed by atoms with Gasteiger partial charge in [-0.2, -0.15) is 0 Å². The molecule has 146 valence electrons. The molecule has 4 aliphatic carbocycles. The molecule has 4 bridgehead atoms. The SMILES string of the molecule is O=C(NCC12CC3CC(CC(C3)C1)C2)Nc1ccc(Nc2ccccc2)cc1. The van der Waals surface area contributed by atoms with Gasteiger partial charge < -0.3 is 16.0 Å². The third kappa shape index (κ3) is 3.73. The third-order valence-electron chi connectivity index (χ3n) is 6.99. The molecule has 0 radical (unpaired) electrons. The summed E-state index contributed by atoms with van der Waals surface area (Å²) in [5.41, 5.74) is 3.25. The van der Waals surface area contributed by atoms with Gasteiger partial charge in [-0.05, 0) is 98.1 Å². The first-order valence-corrected chi connectivity index (χ1v) is 10.6. The molecule has 4 nitrogen and oxygen atoms in total. The zero-order valence-electron chi connectivity index (χ0n) is 16.3. The molecule has 0 heterocycles. The van der Waals surface area contributed by atoms with Gasteiger partial charge in [0.2, 0.25) is 0 Å². The zero-order valence-corrected chi connectivity index (χ0v) is 16.3. The van der Waals surface area contributed by atoms with E-state index < -0.39 is 0 Å². The molecular weight excluding hydrogens is 346 g/mol. The highest BCUT2D eigenvalue weighted by Gasteiger charge is 2.50. The summed E-state index contributed by atoms with van der Waals surface area (Å²) in [6.07, 6.45) is 8.27. The molecule has 6 rings (SSSR count). The highest BCUT2D eigenvalue weighted by Crippen LogP contribution is 2.59. The van der Waals surface area contributed by atoms with E-state index in [1.807, 2.05) is 54.6 Å². The van der Waals surface area contributed by atoms with E-state index in [0.29, 0.717) is 5.41 Å². The molecule has 2 aromatic rings. The Morgan fingerprint density at radius 3 is 1.93 bits per heavy atom. The molecule has 4 heteroatoms. The molecular formula is C24H29N3O. The van der Waals surface area contributed by atoms with Crippen LogP contribution in [0.2, 0.25) is 0 Å². The van der Waals surface area contributed by atoms with Crippen molar-refractivity contribution in [3.05, 3.63) is 54.6 Å². The Bertz CT molecular complexity index is 795. The van der Waals surface area contributed by atoms with Gasteiger partial charge in [0.1, 0.15) is 0 Å². The van der Waals surface area contributed by atoms with Crippen LogP contribution in [0.3, 0.4) is 0 Å². The van der Waals surface area contributed by atoms with E-state index in [1.54, 1.807) is 0 Å². The van der Waals surface area contributed by atoms with Crippen LogP contribution in [-0.2, 0) is 0 Å². The van der Waals surface area contributed by atoms with Crippen molar-refractivity contribution < 1.29 is 4.79 Å².